The Bertz CT molecular complexity index is 2330. The molecule has 8 rings (SSSR count). The number of amides is 4. The number of nitrogens with one attached hydrogen (secondary N) is 2. The molecule has 2 aromatic heterocycles. The Morgan fingerprint density at radius 2 is 1.74 bits per heavy atom. The van der Waals surface area contributed by atoms with Crippen molar-refractivity contribution in [3.63, 3.8) is 0 Å². The maximum absolute atomic E-state index is 15.7. The van der Waals surface area contributed by atoms with Crippen LogP contribution in [0.5, 0.6) is 5.75 Å². The Morgan fingerprint density at radius 3 is 2.38 bits per heavy atom. The van der Waals surface area contributed by atoms with Crippen molar-refractivity contribution < 1.29 is 33.4 Å². The molecular weight excluding hydrogens is 805 g/mol. The number of likely N-dealkylation sites (tertiary alicyclic amines) is 1. The quantitative estimate of drug-likeness (QED) is 0.158. The minimum atomic E-state index is -0.461. The van der Waals surface area contributed by atoms with Crippen LogP contribution in [0.15, 0.2) is 54.9 Å². The van der Waals surface area contributed by atoms with E-state index < -0.39 is 22.7 Å². The third-order valence-electron chi connectivity index (χ3n) is 12.8. The van der Waals surface area contributed by atoms with Gasteiger partial charge >= 0.3 is 6.03 Å². The van der Waals surface area contributed by atoms with E-state index in [-0.39, 0.29) is 59.2 Å². The number of rotatable bonds is 9. The van der Waals surface area contributed by atoms with E-state index in [1.165, 1.54) is 12.3 Å². The van der Waals surface area contributed by atoms with Crippen LogP contribution >= 0.6 is 11.6 Å². The van der Waals surface area contributed by atoms with Crippen molar-refractivity contribution in [1.29, 1.82) is 5.26 Å². The topological polar surface area (TPSA) is 186 Å². The van der Waals surface area contributed by atoms with Gasteiger partial charge in [-0.3, -0.25) is 29.3 Å². The van der Waals surface area contributed by atoms with Crippen LogP contribution in [0.3, 0.4) is 0 Å². The number of pyridine rings is 1. The molecule has 61 heavy (non-hydrogen) atoms. The summed E-state index contributed by atoms with van der Waals surface area (Å²) in [4.78, 5) is 56.4. The number of nitriles is 1. The molecule has 4 aromatic rings. The van der Waals surface area contributed by atoms with Crippen molar-refractivity contribution in [3.05, 3.63) is 77.0 Å². The predicted molar refractivity (Wildman–Crippen MR) is 227 cm³/mol. The second-order valence-corrected chi connectivity index (χ2v) is 17.9. The minimum absolute atomic E-state index is 0.129. The molecule has 5 heterocycles. The first kappa shape index (κ1) is 43.3. The molecule has 0 radical (unpaired) electrons. The molecule has 4 aliphatic rings. The molecule has 0 spiro atoms. The lowest BCUT2D eigenvalue weighted by molar-refractivity contribution is -0.164. The summed E-state index contributed by atoms with van der Waals surface area (Å²) < 4.78 is 24.1. The number of hydrogen-bond acceptors (Lipinski definition) is 10. The molecule has 0 bridgehead atoms. The molecular formula is C44H51ClFN9O6. The highest BCUT2D eigenvalue weighted by Gasteiger charge is 2.64. The number of carbonyl (C=O) groups excluding carboxylic acids is 3. The molecule has 322 valence electrons. The van der Waals surface area contributed by atoms with Gasteiger partial charge in [-0.25, -0.2) is 14.2 Å². The Hall–Kier alpha value is -5.79. The molecule has 2 aromatic carbocycles. The van der Waals surface area contributed by atoms with Gasteiger partial charge in [0.25, 0.3) is 12.4 Å². The number of nitrogens with zero attached hydrogens (tertiary/aromatic N) is 7. The maximum Gasteiger partial charge on any atom is 0.328 e. The number of carbonyl (C=O) groups is 4. The molecule has 3 saturated heterocycles. The normalized spacial score (nSPS) is 21.7. The molecule has 1 saturated carbocycles. The first-order valence-corrected chi connectivity index (χ1v) is 21.0. The van der Waals surface area contributed by atoms with Crippen molar-refractivity contribution in [1.82, 2.24) is 30.3 Å². The zero-order valence-electron chi connectivity index (χ0n) is 34.7. The fourth-order valence-electron chi connectivity index (χ4n) is 10.1. The van der Waals surface area contributed by atoms with Gasteiger partial charge in [-0.2, -0.15) is 10.4 Å². The standard InChI is InChI=1S/C43H49ClFN9O4.CH2O2/c1-42(2)39(43(3,4)40(42)58-29-21-31(44)33(22-46)47-23-29)50-38(56)27-8-9-36(32(45)20-27)52-17-10-26(11-18-52)25-51-15-12-28(13-16-51)54-35-7-5-6-34(30(35)24-48-54)53-19-14-37(55)49-41(53)57;2-1-3/h5-9,20-21,23-24,26,28,39-40H,10-19,25H2,1-4H3,(H,50,56)(H,49,55,57);1H,(H,2,3). The minimum Gasteiger partial charge on any atom is -0.487 e. The second kappa shape index (κ2) is 17.7. The van der Waals surface area contributed by atoms with Gasteiger partial charge in [-0.1, -0.05) is 45.4 Å². The zero-order chi connectivity index (χ0) is 43.6. The molecule has 17 heteroatoms. The number of anilines is 2. The van der Waals surface area contributed by atoms with E-state index >= 15 is 4.39 Å². The van der Waals surface area contributed by atoms with Gasteiger partial charge in [0.15, 0.2) is 5.69 Å². The summed E-state index contributed by atoms with van der Waals surface area (Å²) in [6.07, 6.45) is 7.17. The first-order chi connectivity index (χ1) is 29.2. The summed E-state index contributed by atoms with van der Waals surface area (Å²) in [7, 11) is 0. The number of imide groups is 1. The van der Waals surface area contributed by atoms with E-state index in [4.69, 9.17) is 36.6 Å². The summed E-state index contributed by atoms with van der Waals surface area (Å²) in [5, 5.41) is 27.5. The predicted octanol–water partition coefficient (Wildman–Crippen LogP) is 6.41. The summed E-state index contributed by atoms with van der Waals surface area (Å²) in [5.74, 6) is -0.0254. The Morgan fingerprint density at radius 1 is 1.03 bits per heavy atom. The molecule has 3 N–H and O–H groups in total. The zero-order valence-corrected chi connectivity index (χ0v) is 35.5. The van der Waals surface area contributed by atoms with Gasteiger partial charge in [-0.05, 0) is 61.9 Å². The van der Waals surface area contributed by atoms with Gasteiger partial charge in [0.1, 0.15) is 23.7 Å². The SMILES string of the molecule is CC1(C)C(NC(=O)c2ccc(N3CCC(CN4CCC(n5ncc6c(N7CCC(=O)NC7=O)cccc65)CC4)CC3)c(F)c2)C(C)(C)C1Oc1cnc(C#N)c(Cl)c1.O=CO. The van der Waals surface area contributed by atoms with Gasteiger partial charge in [-0.15, -0.1) is 0 Å². The number of ether oxygens (including phenoxy) is 1. The van der Waals surface area contributed by atoms with Crippen molar-refractivity contribution in [2.45, 2.75) is 78.0 Å². The largest absolute Gasteiger partial charge is 0.487 e. The number of urea groups is 1. The van der Waals surface area contributed by atoms with Gasteiger partial charge in [0.2, 0.25) is 5.91 Å². The van der Waals surface area contributed by atoms with Crippen molar-refractivity contribution >= 4 is 58.2 Å². The number of hydrogen-bond donors (Lipinski definition) is 3. The third kappa shape index (κ3) is 8.72. The first-order valence-electron chi connectivity index (χ1n) is 20.6. The number of piperidine rings is 2. The highest BCUT2D eigenvalue weighted by molar-refractivity contribution is 6.31. The summed E-state index contributed by atoms with van der Waals surface area (Å²) in [6, 6.07) is 13.8. The Labute approximate surface area is 358 Å². The van der Waals surface area contributed by atoms with Crippen LogP contribution < -0.4 is 25.2 Å². The summed E-state index contributed by atoms with van der Waals surface area (Å²) >= 11 is 6.18. The van der Waals surface area contributed by atoms with Crippen LogP contribution in [-0.4, -0.2) is 101 Å². The van der Waals surface area contributed by atoms with E-state index in [0.717, 1.165) is 75.0 Å². The van der Waals surface area contributed by atoms with Crippen LogP contribution in [0, 0.1) is 33.9 Å². The molecule has 1 aliphatic carbocycles. The summed E-state index contributed by atoms with van der Waals surface area (Å²) in [6.45, 7) is 12.6. The molecule has 4 fully saturated rings. The average Bonchev–Trinajstić information content (AvgIpc) is 3.67. The van der Waals surface area contributed by atoms with Gasteiger partial charge in [0, 0.05) is 79.6 Å². The highest BCUT2D eigenvalue weighted by Crippen LogP contribution is 2.55. The van der Waals surface area contributed by atoms with E-state index in [1.807, 2.05) is 58.2 Å². The average molecular weight is 856 g/mol. The van der Waals surface area contributed by atoms with Crippen LogP contribution in [0.1, 0.15) is 81.9 Å². The smallest absolute Gasteiger partial charge is 0.328 e. The highest BCUT2D eigenvalue weighted by atomic mass is 35.5. The molecule has 0 unspecified atom stereocenters. The summed E-state index contributed by atoms with van der Waals surface area (Å²) in [5.41, 5.74) is 1.76. The van der Waals surface area contributed by atoms with E-state index in [2.05, 4.69) is 30.1 Å². The second-order valence-electron chi connectivity index (χ2n) is 17.4. The fourth-order valence-corrected chi connectivity index (χ4v) is 10.3. The van der Waals surface area contributed by atoms with Gasteiger partial charge in [0.05, 0.1) is 40.3 Å². The number of benzene rings is 2. The number of halogens is 2. The lowest BCUT2D eigenvalue weighted by Crippen LogP contribution is -2.74. The monoisotopic (exact) mass is 855 g/mol. The Balaban J connectivity index is 0.00000182. The number of carboxylic acid groups (broad SMARTS) is 1. The van der Waals surface area contributed by atoms with E-state index in [9.17, 15) is 14.4 Å². The van der Waals surface area contributed by atoms with Gasteiger partial charge < -0.3 is 25.0 Å². The van der Waals surface area contributed by atoms with E-state index in [0.29, 0.717) is 23.9 Å². The number of aromatic nitrogens is 3. The van der Waals surface area contributed by atoms with Crippen molar-refractivity contribution in [2.75, 3.05) is 49.1 Å². The van der Waals surface area contributed by atoms with Crippen LogP contribution in [-0.2, 0) is 9.59 Å². The lowest BCUT2D eigenvalue weighted by atomic mass is 9.49. The van der Waals surface area contributed by atoms with Crippen LogP contribution in [0.4, 0.5) is 20.6 Å². The van der Waals surface area contributed by atoms with Crippen molar-refractivity contribution in [2.24, 2.45) is 16.7 Å². The molecule has 3 aliphatic heterocycles. The molecule has 15 nitrogen and oxygen atoms in total. The van der Waals surface area contributed by atoms with Crippen LogP contribution in [0.2, 0.25) is 5.02 Å². The fraction of sp³-hybridized carbons (Fsp3) is 0.477. The lowest BCUT2D eigenvalue weighted by Gasteiger charge is -2.63. The molecule has 0 atom stereocenters. The van der Waals surface area contributed by atoms with Crippen LogP contribution in [0.25, 0.3) is 10.9 Å². The molecule has 4 amide bonds. The van der Waals surface area contributed by atoms with Crippen molar-refractivity contribution in [3.8, 4) is 11.8 Å². The maximum atomic E-state index is 15.7. The van der Waals surface area contributed by atoms with E-state index in [1.54, 1.807) is 23.1 Å². The third-order valence-corrected chi connectivity index (χ3v) is 13.1. The number of fused-ring (bicyclic) bond motifs is 1. The Kier molecular flexibility index (Phi) is 12.5.